The van der Waals surface area contributed by atoms with Gasteiger partial charge in [0.2, 0.25) is 0 Å². The first-order valence-corrected chi connectivity index (χ1v) is 20.2. The highest BCUT2D eigenvalue weighted by Gasteiger charge is 2.51. The number of furan rings is 1. The first-order valence-electron chi connectivity index (χ1n) is 20.2. The summed E-state index contributed by atoms with van der Waals surface area (Å²) in [5.41, 5.74) is 19.3. The number of benzene rings is 10. The Labute approximate surface area is 336 Å². The van der Waals surface area contributed by atoms with Gasteiger partial charge >= 0.3 is 0 Å². The van der Waals surface area contributed by atoms with E-state index in [1.807, 2.05) is 0 Å². The van der Waals surface area contributed by atoms with Gasteiger partial charge in [-0.15, -0.1) is 0 Å². The Morgan fingerprint density at radius 3 is 1.33 bits per heavy atom. The molecule has 0 atom stereocenters. The molecule has 1 aromatic heterocycles. The van der Waals surface area contributed by atoms with E-state index in [4.69, 9.17) is 4.42 Å². The first-order chi connectivity index (χ1) is 28.8. The van der Waals surface area contributed by atoms with Crippen LogP contribution in [0.1, 0.15) is 22.3 Å². The predicted molar refractivity (Wildman–Crippen MR) is 241 cm³/mol. The summed E-state index contributed by atoms with van der Waals surface area (Å²) < 4.78 is 6.85. The maximum Gasteiger partial charge on any atom is 0.135 e. The van der Waals surface area contributed by atoms with Gasteiger partial charge in [0.05, 0.1) is 5.41 Å². The lowest BCUT2D eigenvalue weighted by Gasteiger charge is -2.30. The third-order valence-corrected chi connectivity index (χ3v) is 13.1. The minimum absolute atomic E-state index is 0.407. The molecule has 58 heavy (non-hydrogen) atoms. The third kappa shape index (κ3) is 4.10. The Hall–Kier alpha value is -7.48. The van der Waals surface area contributed by atoms with Crippen LogP contribution in [-0.2, 0) is 5.41 Å². The van der Waals surface area contributed by atoms with Crippen LogP contribution >= 0.6 is 0 Å². The van der Waals surface area contributed by atoms with Gasteiger partial charge in [-0.25, -0.2) is 0 Å². The molecule has 0 radical (unpaired) electrons. The smallest absolute Gasteiger partial charge is 0.135 e. The molecule has 2 aliphatic carbocycles. The summed E-state index contributed by atoms with van der Waals surface area (Å²) in [6, 6.07) is 76.0. The number of hydrogen-bond donors (Lipinski definition) is 0. The van der Waals surface area contributed by atoms with E-state index in [0.29, 0.717) is 0 Å². The van der Waals surface area contributed by atoms with Gasteiger partial charge < -0.3 is 4.42 Å². The molecule has 0 fully saturated rings. The van der Waals surface area contributed by atoms with Crippen molar-refractivity contribution < 1.29 is 4.42 Å². The van der Waals surface area contributed by atoms with Gasteiger partial charge in [0, 0.05) is 10.8 Å². The van der Waals surface area contributed by atoms with E-state index >= 15 is 0 Å². The van der Waals surface area contributed by atoms with Crippen molar-refractivity contribution in [3.05, 3.63) is 229 Å². The van der Waals surface area contributed by atoms with E-state index in [2.05, 4.69) is 206 Å². The zero-order chi connectivity index (χ0) is 38.0. The van der Waals surface area contributed by atoms with Crippen LogP contribution in [0.4, 0.5) is 0 Å². The van der Waals surface area contributed by atoms with Crippen LogP contribution in [0.5, 0.6) is 0 Å². The fraction of sp³-hybridized carbons (Fsp3) is 0.0175. The van der Waals surface area contributed by atoms with Gasteiger partial charge in [-0.1, -0.05) is 182 Å². The summed E-state index contributed by atoms with van der Waals surface area (Å²) >= 11 is 0. The lowest BCUT2D eigenvalue weighted by atomic mass is 9.70. The van der Waals surface area contributed by atoms with Crippen LogP contribution in [0.3, 0.4) is 0 Å². The Bertz CT molecular complexity index is 3410. The normalized spacial score (nSPS) is 13.3. The summed E-state index contributed by atoms with van der Waals surface area (Å²) in [7, 11) is 0. The second-order valence-electron chi connectivity index (χ2n) is 15.8. The van der Waals surface area contributed by atoms with E-state index < -0.39 is 5.41 Å². The molecule has 1 nitrogen and oxygen atoms in total. The average Bonchev–Trinajstić information content (AvgIpc) is 3.91. The van der Waals surface area contributed by atoms with Gasteiger partial charge in [-0.3, -0.25) is 0 Å². The minimum atomic E-state index is -0.407. The molecule has 0 bridgehead atoms. The largest absolute Gasteiger partial charge is 0.456 e. The summed E-state index contributed by atoms with van der Waals surface area (Å²) in [6.07, 6.45) is 0. The van der Waals surface area contributed by atoms with E-state index in [-0.39, 0.29) is 0 Å². The molecule has 13 rings (SSSR count). The highest BCUT2D eigenvalue weighted by atomic mass is 16.3. The molecule has 0 saturated heterocycles. The summed E-state index contributed by atoms with van der Waals surface area (Å²) in [4.78, 5) is 0. The van der Waals surface area contributed by atoms with Crippen LogP contribution in [-0.4, -0.2) is 0 Å². The second kappa shape index (κ2) is 11.8. The molecule has 268 valence electrons. The van der Waals surface area contributed by atoms with Crippen molar-refractivity contribution >= 4 is 43.5 Å². The predicted octanol–water partition coefficient (Wildman–Crippen LogP) is 15.2. The standard InChI is InChI=1S/C57H34O/c1-2-16-35(17-3-1)37-18-4-5-22-41(37)56-44-25-8-6-23-42(44)55(43-24-7-9-26-45(43)56)36-30-31-53-47(32-36)48-33-46-40-21-12-15-29-51(40)57(52(46)34-54(48)58-53)49-27-13-10-19-38(49)39-20-11-14-28-50(39)57/h1-34H. The van der Waals surface area contributed by atoms with E-state index in [1.165, 1.54) is 99.4 Å². The van der Waals surface area contributed by atoms with Gasteiger partial charge in [0.25, 0.3) is 0 Å². The third-order valence-electron chi connectivity index (χ3n) is 13.1. The lowest BCUT2D eigenvalue weighted by Crippen LogP contribution is -2.25. The maximum atomic E-state index is 6.85. The zero-order valence-electron chi connectivity index (χ0n) is 31.5. The van der Waals surface area contributed by atoms with Crippen molar-refractivity contribution in [1.29, 1.82) is 0 Å². The Balaban J connectivity index is 1.06. The van der Waals surface area contributed by atoms with Crippen LogP contribution in [0.2, 0.25) is 0 Å². The van der Waals surface area contributed by atoms with E-state index in [0.717, 1.165) is 21.9 Å². The van der Waals surface area contributed by atoms with Crippen molar-refractivity contribution in [2.75, 3.05) is 0 Å². The van der Waals surface area contributed by atoms with Crippen LogP contribution < -0.4 is 0 Å². The van der Waals surface area contributed by atoms with Crippen molar-refractivity contribution in [3.8, 4) is 55.6 Å². The van der Waals surface area contributed by atoms with Gasteiger partial charge in [0.15, 0.2) is 0 Å². The second-order valence-corrected chi connectivity index (χ2v) is 15.8. The Kier molecular flexibility index (Phi) is 6.43. The quantitative estimate of drug-likeness (QED) is 0.165. The zero-order valence-corrected chi connectivity index (χ0v) is 31.5. The van der Waals surface area contributed by atoms with E-state index in [1.54, 1.807) is 0 Å². The monoisotopic (exact) mass is 734 g/mol. The molecule has 1 spiro atoms. The SMILES string of the molecule is c1ccc(-c2ccccc2-c2c3ccccc3c(-c3ccc4oc5cc6c(cc5c4c3)-c3ccccc3C63c4ccccc4-c4ccccc43)c3ccccc23)cc1. The Morgan fingerprint density at radius 1 is 0.259 bits per heavy atom. The molecule has 0 saturated carbocycles. The van der Waals surface area contributed by atoms with Crippen molar-refractivity contribution in [2.24, 2.45) is 0 Å². The fourth-order valence-corrected chi connectivity index (χ4v) is 10.8. The number of rotatable bonds is 3. The maximum absolute atomic E-state index is 6.85. The average molecular weight is 735 g/mol. The van der Waals surface area contributed by atoms with Gasteiger partial charge in [-0.2, -0.15) is 0 Å². The molecule has 2 aliphatic rings. The van der Waals surface area contributed by atoms with Crippen molar-refractivity contribution in [1.82, 2.24) is 0 Å². The fourth-order valence-electron chi connectivity index (χ4n) is 10.8. The molecule has 0 aliphatic heterocycles. The molecule has 1 heterocycles. The molecular formula is C57H34O. The highest BCUT2D eigenvalue weighted by molar-refractivity contribution is 6.23. The van der Waals surface area contributed by atoms with E-state index in [9.17, 15) is 0 Å². The van der Waals surface area contributed by atoms with Crippen molar-refractivity contribution in [3.63, 3.8) is 0 Å². The van der Waals surface area contributed by atoms with Crippen molar-refractivity contribution in [2.45, 2.75) is 5.41 Å². The topological polar surface area (TPSA) is 13.1 Å². The Morgan fingerprint density at radius 2 is 0.724 bits per heavy atom. The molecular weight excluding hydrogens is 701 g/mol. The number of hydrogen-bond acceptors (Lipinski definition) is 1. The van der Waals surface area contributed by atoms with Crippen LogP contribution in [0.25, 0.3) is 99.1 Å². The molecule has 0 unspecified atom stereocenters. The lowest BCUT2D eigenvalue weighted by molar-refractivity contribution is 0.666. The molecule has 11 aromatic rings. The van der Waals surface area contributed by atoms with Gasteiger partial charge in [0.1, 0.15) is 11.2 Å². The summed E-state index contributed by atoms with van der Waals surface area (Å²) in [5, 5.41) is 7.24. The summed E-state index contributed by atoms with van der Waals surface area (Å²) in [6.45, 7) is 0. The number of fused-ring (bicyclic) bond motifs is 15. The first kappa shape index (κ1) is 31.7. The van der Waals surface area contributed by atoms with Crippen LogP contribution in [0, 0.1) is 0 Å². The molecule has 10 aromatic carbocycles. The molecule has 0 N–H and O–H groups in total. The summed E-state index contributed by atoms with van der Waals surface area (Å²) in [5.74, 6) is 0. The van der Waals surface area contributed by atoms with Gasteiger partial charge in [-0.05, 0) is 124 Å². The highest BCUT2D eigenvalue weighted by Crippen LogP contribution is 2.63. The molecule has 1 heteroatoms. The molecule has 0 amide bonds. The minimum Gasteiger partial charge on any atom is -0.456 e. The van der Waals surface area contributed by atoms with Crippen LogP contribution in [0.15, 0.2) is 211 Å².